The third-order valence-electron chi connectivity index (χ3n) is 6.01. The van der Waals surface area contributed by atoms with Gasteiger partial charge in [-0.25, -0.2) is 14.1 Å². The number of carbonyl (C=O) groups excluding carboxylic acids is 3. The highest BCUT2D eigenvalue weighted by atomic mass is 19.1. The van der Waals surface area contributed by atoms with E-state index in [9.17, 15) is 18.8 Å². The minimum Gasteiger partial charge on any atom is -0.347 e. The molecule has 2 aromatic carbocycles. The Balaban J connectivity index is 1.42. The van der Waals surface area contributed by atoms with E-state index in [0.717, 1.165) is 24.6 Å². The number of hydrogen-bond donors (Lipinski definition) is 2. The maximum Gasteiger partial charge on any atom is 0.289 e. The summed E-state index contributed by atoms with van der Waals surface area (Å²) in [6.07, 6.45) is 4.41. The Bertz CT molecular complexity index is 1430. The molecule has 2 aromatic heterocycles. The van der Waals surface area contributed by atoms with Gasteiger partial charge in [0.25, 0.3) is 11.8 Å². The fourth-order valence-corrected chi connectivity index (χ4v) is 3.95. The maximum atomic E-state index is 14.8. The van der Waals surface area contributed by atoms with Crippen molar-refractivity contribution >= 4 is 17.6 Å². The van der Waals surface area contributed by atoms with Gasteiger partial charge in [-0.15, -0.1) is 0 Å². The monoisotopic (exact) mass is 497 g/mol. The van der Waals surface area contributed by atoms with E-state index in [1.165, 1.54) is 16.9 Å². The summed E-state index contributed by atoms with van der Waals surface area (Å²) in [4.78, 5) is 43.2. The molecule has 37 heavy (non-hydrogen) atoms. The van der Waals surface area contributed by atoms with E-state index < -0.39 is 29.5 Å². The molecule has 0 aliphatic heterocycles. The number of ketones is 1. The first kappa shape index (κ1) is 24.1. The number of halogens is 1. The number of aromatic nitrogens is 3. The molecule has 0 bridgehead atoms. The summed E-state index contributed by atoms with van der Waals surface area (Å²) >= 11 is 0. The zero-order valence-electron chi connectivity index (χ0n) is 19.8. The SMILES string of the molecule is O=C(NC1CC1)C(=O)[C@H](Cc1ccccc1)NC(=O)c1cccnc1-n1cc(F)c(-c2ccccc2)n1. The van der Waals surface area contributed by atoms with Crippen LogP contribution in [0.15, 0.2) is 85.2 Å². The molecule has 5 rings (SSSR count). The van der Waals surface area contributed by atoms with E-state index in [4.69, 9.17) is 0 Å². The molecule has 1 saturated carbocycles. The molecule has 2 N–H and O–H groups in total. The molecule has 186 valence electrons. The number of nitrogens with zero attached hydrogens (tertiary/aromatic N) is 3. The fourth-order valence-electron chi connectivity index (χ4n) is 3.95. The first-order chi connectivity index (χ1) is 18.0. The van der Waals surface area contributed by atoms with E-state index in [-0.39, 0.29) is 29.5 Å². The third kappa shape index (κ3) is 5.61. The molecule has 1 fully saturated rings. The van der Waals surface area contributed by atoms with Crippen molar-refractivity contribution in [1.29, 1.82) is 0 Å². The maximum absolute atomic E-state index is 14.8. The molecule has 1 aliphatic carbocycles. The number of benzene rings is 2. The number of Topliss-reactive ketones (excluding diaryl/α,β-unsaturated/α-hetero) is 1. The molecule has 0 spiro atoms. The van der Waals surface area contributed by atoms with Crippen molar-refractivity contribution in [3.8, 4) is 17.1 Å². The first-order valence-corrected chi connectivity index (χ1v) is 11.9. The van der Waals surface area contributed by atoms with Crippen LogP contribution in [0.2, 0.25) is 0 Å². The summed E-state index contributed by atoms with van der Waals surface area (Å²) in [5.41, 5.74) is 1.56. The van der Waals surface area contributed by atoms with Crippen molar-refractivity contribution in [2.24, 2.45) is 0 Å². The smallest absolute Gasteiger partial charge is 0.289 e. The summed E-state index contributed by atoms with van der Waals surface area (Å²) in [6.45, 7) is 0. The molecule has 1 atom stereocenters. The van der Waals surface area contributed by atoms with Crippen LogP contribution in [0.3, 0.4) is 0 Å². The van der Waals surface area contributed by atoms with Crippen LogP contribution >= 0.6 is 0 Å². The minimum atomic E-state index is -1.10. The number of carbonyl (C=O) groups is 3. The average molecular weight is 498 g/mol. The normalized spacial score (nSPS) is 13.5. The molecule has 8 nitrogen and oxygen atoms in total. The zero-order valence-corrected chi connectivity index (χ0v) is 19.8. The van der Waals surface area contributed by atoms with Gasteiger partial charge in [0.15, 0.2) is 11.6 Å². The lowest BCUT2D eigenvalue weighted by Gasteiger charge is -2.18. The predicted molar refractivity (Wildman–Crippen MR) is 134 cm³/mol. The van der Waals surface area contributed by atoms with Crippen molar-refractivity contribution in [2.45, 2.75) is 31.3 Å². The van der Waals surface area contributed by atoms with E-state index in [1.54, 1.807) is 30.3 Å². The number of rotatable bonds is 9. The number of nitrogens with one attached hydrogen (secondary N) is 2. The van der Waals surface area contributed by atoms with Crippen molar-refractivity contribution in [3.05, 3.63) is 102 Å². The Morgan fingerprint density at radius 2 is 1.68 bits per heavy atom. The Morgan fingerprint density at radius 3 is 2.38 bits per heavy atom. The van der Waals surface area contributed by atoms with E-state index in [2.05, 4.69) is 20.7 Å². The van der Waals surface area contributed by atoms with Gasteiger partial charge in [-0.2, -0.15) is 5.10 Å². The quantitative estimate of drug-likeness (QED) is 0.345. The zero-order chi connectivity index (χ0) is 25.8. The summed E-state index contributed by atoms with van der Waals surface area (Å²) in [6, 6.07) is 19.9. The summed E-state index contributed by atoms with van der Waals surface area (Å²) in [5, 5.41) is 9.69. The van der Waals surface area contributed by atoms with Crippen LogP contribution in [-0.4, -0.2) is 44.4 Å². The van der Waals surface area contributed by atoms with Gasteiger partial charge < -0.3 is 10.6 Å². The van der Waals surface area contributed by atoms with Crippen LogP contribution < -0.4 is 10.6 Å². The van der Waals surface area contributed by atoms with Gasteiger partial charge in [-0.3, -0.25) is 14.4 Å². The molecular formula is C28H24FN5O3. The molecule has 0 unspecified atom stereocenters. The van der Waals surface area contributed by atoms with E-state index in [0.29, 0.717) is 5.56 Å². The van der Waals surface area contributed by atoms with Gasteiger partial charge in [-0.1, -0.05) is 60.7 Å². The van der Waals surface area contributed by atoms with Crippen LogP contribution in [0, 0.1) is 5.82 Å². The van der Waals surface area contributed by atoms with Gasteiger partial charge in [0.2, 0.25) is 5.78 Å². The lowest BCUT2D eigenvalue weighted by molar-refractivity contribution is -0.139. The van der Waals surface area contributed by atoms with Crippen molar-refractivity contribution in [1.82, 2.24) is 25.4 Å². The Kier molecular flexibility index (Phi) is 6.85. The number of hydrogen-bond acceptors (Lipinski definition) is 5. The number of amides is 2. The topological polar surface area (TPSA) is 106 Å². The van der Waals surface area contributed by atoms with Gasteiger partial charge in [-0.05, 0) is 30.5 Å². The van der Waals surface area contributed by atoms with E-state index >= 15 is 0 Å². The Hall–Kier alpha value is -4.66. The van der Waals surface area contributed by atoms with Gasteiger partial charge in [0.05, 0.1) is 11.8 Å². The Morgan fingerprint density at radius 1 is 0.973 bits per heavy atom. The lowest BCUT2D eigenvalue weighted by Crippen LogP contribution is -2.49. The molecule has 0 radical (unpaired) electrons. The second-order valence-electron chi connectivity index (χ2n) is 8.84. The largest absolute Gasteiger partial charge is 0.347 e. The Labute approximate surface area is 212 Å². The van der Waals surface area contributed by atoms with Crippen molar-refractivity contribution in [3.63, 3.8) is 0 Å². The first-order valence-electron chi connectivity index (χ1n) is 11.9. The van der Waals surface area contributed by atoms with Crippen molar-refractivity contribution < 1.29 is 18.8 Å². The molecule has 4 aromatic rings. The molecule has 1 aliphatic rings. The molecule has 2 heterocycles. The van der Waals surface area contributed by atoms with Crippen LogP contribution in [0.1, 0.15) is 28.8 Å². The second kappa shape index (κ2) is 10.5. The van der Waals surface area contributed by atoms with Gasteiger partial charge >= 0.3 is 0 Å². The molecule has 2 amide bonds. The standard InChI is InChI=1S/C28H24FN5O3/c29-22-17-34(33-24(22)19-10-5-2-6-11-19)26-21(12-7-15-30-26)27(36)32-23(16-18-8-3-1-4-9-18)25(35)28(37)31-20-13-14-20/h1-12,15,17,20,23H,13-14,16H2,(H,31,37)(H,32,36)/t23-/m0/s1. The van der Waals surface area contributed by atoms with Gasteiger partial charge in [0, 0.05) is 24.2 Å². The summed E-state index contributed by atoms with van der Waals surface area (Å²) in [5.74, 6) is -2.57. The highest BCUT2D eigenvalue weighted by Crippen LogP contribution is 2.23. The van der Waals surface area contributed by atoms with Crippen molar-refractivity contribution in [2.75, 3.05) is 0 Å². The average Bonchev–Trinajstić information content (AvgIpc) is 3.66. The summed E-state index contributed by atoms with van der Waals surface area (Å²) in [7, 11) is 0. The summed E-state index contributed by atoms with van der Waals surface area (Å²) < 4.78 is 16.0. The minimum absolute atomic E-state index is 0.00275. The van der Waals surface area contributed by atoms with E-state index in [1.807, 2.05) is 36.4 Å². The lowest BCUT2D eigenvalue weighted by atomic mass is 10.0. The van der Waals surface area contributed by atoms with Gasteiger partial charge in [0.1, 0.15) is 11.7 Å². The molecular weight excluding hydrogens is 473 g/mol. The van der Waals surface area contributed by atoms with Crippen LogP contribution in [-0.2, 0) is 16.0 Å². The predicted octanol–water partition coefficient (Wildman–Crippen LogP) is 3.26. The number of pyridine rings is 1. The van der Waals surface area contributed by atoms with Crippen LogP contribution in [0.5, 0.6) is 0 Å². The van der Waals surface area contributed by atoms with Crippen LogP contribution in [0.25, 0.3) is 17.1 Å². The third-order valence-corrected chi connectivity index (χ3v) is 6.01. The van der Waals surface area contributed by atoms with Crippen LogP contribution in [0.4, 0.5) is 4.39 Å². The molecule has 0 saturated heterocycles. The second-order valence-corrected chi connectivity index (χ2v) is 8.84. The molecule has 9 heteroatoms. The fraction of sp³-hybridized carbons (Fsp3) is 0.179. The highest BCUT2D eigenvalue weighted by molar-refractivity contribution is 6.38. The highest BCUT2D eigenvalue weighted by Gasteiger charge is 2.32.